The van der Waals surface area contributed by atoms with E-state index in [4.69, 9.17) is 4.74 Å². The maximum Gasteiger partial charge on any atom is 0.244 e. The maximum atomic E-state index is 12.6. The molecule has 0 radical (unpaired) electrons. The number of ether oxygens (including phenoxy) is 1. The third kappa shape index (κ3) is 5.30. The Hall–Kier alpha value is -2.38. The summed E-state index contributed by atoms with van der Waals surface area (Å²) in [5.41, 5.74) is 3.53. The zero-order chi connectivity index (χ0) is 20.2. The van der Waals surface area contributed by atoms with Crippen LogP contribution in [0.4, 0.5) is 5.69 Å². The van der Waals surface area contributed by atoms with Crippen LogP contribution in [0, 0.1) is 13.8 Å². The smallest absolute Gasteiger partial charge is 0.244 e. The van der Waals surface area contributed by atoms with Gasteiger partial charge in [0.15, 0.2) is 0 Å². The van der Waals surface area contributed by atoms with Gasteiger partial charge in [-0.15, -0.1) is 0 Å². The molecule has 0 aliphatic heterocycles. The number of sulfonamides is 1. The number of amides is 1. The fourth-order valence-electron chi connectivity index (χ4n) is 2.53. The van der Waals surface area contributed by atoms with Crippen molar-refractivity contribution >= 4 is 21.6 Å². The summed E-state index contributed by atoms with van der Waals surface area (Å²) in [7, 11) is -2.47. The largest absolute Gasteiger partial charge is 0.495 e. The van der Waals surface area contributed by atoms with Crippen LogP contribution in [0.25, 0.3) is 0 Å². The van der Waals surface area contributed by atoms with Gasteiger partial charge in [-0.2, -0.15) is 0 Å². The van der Waals surface area contributed by atoms with Gasteiger partial charge >= 0.3 is 0 Å². The number of hydrogen-bond acceptors (Lipinski definition) is 4. The summed E-state index contributed by atoms with van der Waals surface area (Å²) < 4.78 is 32.7. The summed E-state index contributed by atoms with van der Waals surface area (Å²) in [5, 5.41) is 2.68. The highest BCUT2D eigenvalue weighted by Gasteiger charge is 2.21. The molecule has 2 aromatic carbocycles. The first-order chi connectivity index (χ1) is 12.6. The molecule has 0 atom stereocenters. The standard InChI is InChI=1S/C20H26N2O4S/c1-13(2)16-6-8-17(9-7-16)22-20(23)12-21-27(24,25)19-11-15(4)14(3)10-18(19)26-5/h6-11,13,21H,12H2,1-5H3,(H,22,23). The van der Waals surface area contributed by atoms with Crippen LogP contribution in [0.15, 0.2) is 41.3 Å². The number of nitrogens with one attached hydrogen (secondary N) is 2. The summed E-state index contributed by atoms with van der Waals surface area (Å²) in [6, 6.07) is 10.7. The predicted octanol–water partition coefficient (Wildman–Crippen LogP) is 3.35. The molecule has 0 aliphatic carbocycles. The zero-order valence-corrected chi connectivity index (χ0v) is 17.1. The molecule has 1 amide bonds. The van der Waals surface area contributed by atoms with E-state index < -0.39 is 15.9 Å². The van der Waals surface area contributed by atoms with Gasteiger partial charge in [0.2, 0.25) is 15.9 Å². The first-order valence-corrected chi connectivity index (χ1v) is 10.2. The van der Waals surface area contributed by atoms with Gasteiger partial charge in [-0.3, -0.25) is 4.79 Å². The molecular weight excluding hydrogens is 364 g/mol. The van der Waals surface area contributed by atoms with Gasteiger partial charge in [-0.25, -0.2) is 13.1 Å². The molecule has 2 N–H and O–H groups in total. The van der Waals surface area contributed by atoms with Gasteiger partial charge in [0.05, 0.1) is 13.7 Å². The van der Waals surface area contributed by atoms with Crippen molar-refractivity contribution < 1.29 is 17.9 Å². The van der Waals surface area contributed by atoms with Crippen molar-refractivity contribution in [3.8, 4) is 5.75 Å². The molecule has 0 aliphatic rings. The van der Waals surface area contributed by atoms with Gasteiger partial charge < -0.3 is 10.1 Å². The highest BCUT2D eigenvalue weighted by atomic mass is 32.2. The molecule has 0 fully saturated rings. The highest BCUT2D eigenvalue weighted by molar-refractivity contribution is 7.89. The number of benzene rings is 2. The van der Waals surface area contributed by atoms with Gasteiger partial charge in [-0.1, -0.05) is 26.0 Å². The molecular formula is C20H26N2O4S. The van der Waals surface area contributed by atoms with E-state index in [0.29, 0.717) is 11.6 Å². The molecule has 0 aromatic heterocycles. The lowest BCUT2D eigenvalue weighted by Gasteiger charge is -2.13. The fraction of sp³-hybridized carbons (Fsp3) is 0.350. The van der Waals surface area contributed by atoms with E-state index >= 15 is 0 Å². The molecule has 0 unspecified atom stereocenters. The maximum absolute atomic E-state index is 12.6. The normalized spacial score (nSPS) is 11.5. The lowest BCUT2D eigenvalue weighted by molar-refractivity contribution is -0.115. The third-order valence-corrected chi connectivity index (χ3v) is 5.78. The average Bonchev–Trinajstić information content (AvgIpc) is 2.62. The highest BCUT2D eigenvalue weighted by Crippen LogP contribution is 2.27. The van der Waals surface area contributed by atoms with Crippen LogP contribution in [0.3, 0.4) is 0 Å². The number of carbonyl (C=O) groups excluding carboxylic acids is 1. The van der Waals surface area contributed by atoms with Gasteiger partial charge in [-0.05, 0) is 60.7 Å². The molecule has 6 nitrogen and oxygen atoms in total. The minimum absolute atomic E-state index is 0.0159. The molecule has 146 valence electrons. The summed E-state index contributed by atoms with van der Waals surface area (Å²) in [5.74, 6) is 0.198. The van der Waals surface area contributed by atoms with E-state index in [2.05, 4.69) is 23.9 Å². The molecule has 0 spiro atoms. The molecule has 0 heterocycles. The van der Waals surface area contributed by atoms with E-state index in [1.54, 1.807) is 24.3 Å². The van der Waals surface area contributed by atoms with Crippen LogP contribution in [0.5, 0.6) is 5.75 Å². The average molecular weight is 391 g/mol. The Morgan fingerprint density at radius 3 is 2.22 bits per heavy atom. The number of carbonyl (C=O) groups is 1. The Morgan fingerprint density at radius 1 is 1.07 bits per heavy atom. The van der Waals surface area contributed by atoms with E-state index in [0.717, 1.165) is 16.7 Å². The second-order valence-electron chi connectivity index (χ2n) is 6.74. The second kappa shape index (κ2) is 8.54. The Morgan fingerprint density at radius 2 is 1.67 bits per heavy atom. The van der Waals surface area contributed by atoms with Gasteiger partial charge in [0.1, 0.15) is 10.6 Å². The van der Waals surface area contributed by atoms with Crippen LogP contribution in [0.1, 0.15) is 36.5 Å². The van der Waals surface area contributed by atoms with E-state index in [9.17, 15) is 13.2 Å². The number of methoxy groups -OCH3 is 1. The lowest BCUT2D eigenvalue weighted by atomic mass is 10.0. The van der Waals surface area contributed by atoms with Crippen molar-refractivity contribution in [1.82, 2.24) is 4.72 Å². The molecule has 0 bridgehead atoms. The molecule has 0 saturated heterocycles. The molecule has 0 saturated carbocycles. The Balaban J connectivity index is 2.06. The third-order valence-electron chi connectivity index (χ3n) is 4.35. The minimum Gasteiger partial charge on any atom is -0.495 e. The first kappa shape index (κ1) is 20.9. The topological polar surface area (TPSA) is 84.5 Å². The van der Waals surface area contributed by atoms with Crippen molar-refractivity contribution in [3.63, 3.8) is 0 Å². The van der Waals surface area contributed by atoms with Crippen molar-refractivity contribution in [2.75, 3.05) is 19.0 Å². The summed E-state index contributed by atoms with van der Waals surface area (Å²) >= 11 is 0. The molecule has 2 rings (SSSR count). The van der Waals surface area contributed by atoms with E-state index in [-0.39, 0.29) is 17.2 Å². The van der Waals surface area contributed by atoms with Crippen molar-refractivity contribution in [3.05, 3.63) is 53.1 Å². The Bertz CT molecular complexity index is 920. The second-order valence-corrected chi connectivity index (χ2v) is 8.47. The molecule has 7 heteroatoms. The summed E-state index contributed by atoms with van der Waals surface area (Å²) in [6.45, 7) is 7.50. The first-order valence-electron chi connectivity index (χ1n) is 8.68. The predicted molar refractivity (Wildman–Crippen MR) is 107 cm³/mol. The zero-order valence-electron chi connectivity index (χ0n) is 16.3. The van der Waals surface area contributed by atoms with Crippen molar-refractivity contribution in [2.45, 2.75) is 38.5 Å². The van der Waals surface area contributed by atoms with Gasteiger partial charge in [0, 0.05) is 5.69 Å². The number of aryl methyl sites for hydroxylation is 2. The van der Waals surface area contributed by atoms with Crippen molar-refractivity contribution in [2.24, 2.45) is 0 Å². The monoisotopic (exact) mass is 390 g/mol. The SMILES string of the molecule is COc1cc(C)c(C)cc1S(=O)(=O)NCC(=O)Nc1ccc(C(C)C)cc1. The fourth-order valence-corrected chi connectivity index (χ4v) is 3.74. The Kier molecular flexibility index (Phi) is 6.62. The molecule has 2 aromatic rings. The van der Waals surface area contributed by atoms with Crippen LogP contribution in [-0.2, 0) is 14.8 Å². The number of rotatable bonds is 7. The van der Waals surface area contributed by atoms with Gasteiger partial charge in [0.25, 0.3) is 0 Å². The quantitative estimate of drug-likeness (QED) is 0.759. The van der Waals surface area contributed by atoms with Crippen LogP contribution in [0.2, 0.25) is 0 Å². The number of anilines is 1. The Labute approximate surface area is 161 Å². The lowest BCUT2D eigenvalue weighted by Crippen LogP contribution is -2.33. The summed E-state index contributed by atoms with van der Waals surface area (Å²) in [4.78, 5) is 12.1. The minimum atomic E-state index is -3.88. The summed E-state index contributed by atoms with van der Waals surface area (Å²) in [6.07, 6.45) is 0. The van der Waals surface area contributed by atoms with E-state index in [1.807, 2.05) is 26.0 Å². The van der Waals surface area contributed by atoms with E-state index in [1.165, 1.54) is 7.11 Å². The number of hydrogen-bond donors (Lipinski definition) is 2. The van der Waals surface area contributed by atoms with Crippen LogP contribution >= 0.6 is 0 Å². The van der Waals surface area contributed by atoms with Crippen LogP contribution < -0.4 is 14.8 Å². The van der Waals surface area contributed by atoms with Crippen molar-refractivity contribution in [1.29, 1.82) is 0 Å². The van der Waals surface area contributed by atoms with Crippen LogP contribution in [-0.4, -0.2) is 28.0 Å². The molecule has 27 heavy (non-hydrogen) atoms.